The molecule has 2 aromatic carbocycles. The number of esters is 1. The Morgan fingerprint density at radius 3 is 2.61 bits per heavy atom. The van der Waals surface area contributed by atoms with Gasteiger partial charge in [0.15, 0.2) is 0 Å². The lowest BCUT2D eigenvalue weighted by molar-refractivity contribution is -0.115. The number of carbonyl (C=O) groups is 2. The predicted molar refractivity (Wildman–Crippen MR) is 108 cm³/mol. The zero-order valence-corrected chi connectivity index (χ0v) is 16.0. The van der Waals surface area contributed by atoms with Gasteiger partial charge in [-0.1, -0.05) is 42.5 Å². The number of ether oxygens (including phenoxy) is 1. The first kappa shape index (κ1) is 19.3. The SMILES string of the molecule is CCOC(=O)c1sc(-c2cccc(NC(=O)CC#N)c2)nc1-c1ccccc1. The highest BCUT2D eigenvalue weighted by Gasteiger charge is 2.21. The smallest absolute Gasteiger partial charge is 0.350 e. The summed E-state index contributed by atoms with van der Waals surface area (Å²) in [6, 6.07) is 18.4. The molecule has 0 spiro atoms. The molecule has 3 rings (SSSR count). The number of thiazole rings is 1. The van der Waals surface area contributed by atoms with Gasteiger partial charge in [-0.2, -0.15) is 5.26 Å². The first-order chi connectivity index (χ1) is 13.6. The Hall–Kier alpha value is -3.50. The van der Waals surface area contributed by atoms with Crippen LogP contribution >= 0.6 is 11.3 Å². The van der Waals surface area contributed by atoms with Crippen molar-refractivity contribution in [1.82, 2.24) is 4.98 Å². The van der Waals surface area contributed by atoms with Gasteiger partial charge in [0, 0.05) is 16.8 Å². The third-order valence-corrected chi connectivity index (χ3v) is 4.85. The van der Waals surface area contributed by atoms with E-state index in [-0.39, 0.29) is 18.9 Å². The van der Waals surface area contributed by atoms with Gasteiger partial charge in [0.2, 0.25) is 5.91 Å². The van der Waals surface area contributed by atoms with Crippen LogP contribution in [0.4, 0.5) is 5.69 Å². The van der Waals surface area contributed by atoms with Crippen molar-refractivity contribution in [3.8, 4) is 27.9 Å². The minimum Gasteiger partial charge on any atom is -0.462 e. The summed E-state index contributed by atoms with van der Waals surface area (Å²) in [5.41, 5.74) is 2.71. The third-order valence-electron chi connectivity index (χ3n) is 3.77. The lowest BCUT2D eigenvalue weighted by atomic mass is 10.1. The van der Waals surface area contributed by atoms with E-state index in [4.69, 9.17) is 10.00 Å². The van der Waals surface area contributed by atoms with Crippen molar-refractivity contribution >= 4 is 28.9 Å². The lowest BCUT2D eigenvalue weighted by Crippen LogP contribution is -2.09. The normalized spacial score (nSPS) is 10.1. The molecule has 0 bridgehead atoms. The molecule has 0 unspecified atom stereocenters. The average molecular weight is 391 g/mol. The van der Waals surface area contributed by atoms with Crippen molar-refractivity contribution in [1.29, 1.82) is 5.26 Å². The van der Waals surface area contributed by atoms with E-state index in [1.165, 1.54) is 11.3 Å². The predicted octanol–water partition coefficient (Wildman–Crippen LogP) is 4.51. The van der Waals surface area contributed by atoms with Gasteiger partial charge in [0.25, 0.3) is 0 Å². The molecular weight excluding hydrogens is 374 g/mol. The van der Waals surface area contributed by atoms with Crippen LogP contribution in [-0.2, 0) is 9.53 Å². The van der Waals surface area contributed by atoms with Gasteiger partial charge in [0.1, 0.15) is 16.3 Å². The number of benzene rings is 2. The first-order valence-electron chi connectivity index (χ1n) is 8.63. The van der Waals surface area contributed by atoms with Crippen LogP contribution in [0.3, 0.4) is 0 Å². The minimum absolute atomic E-state index is 0.216. The highest BCUT2D eigenvalue weighted by molar-refractivity contribution is 7.17. The molecule has 0 radical (unpaired) electrons. The number of rotatable bonds is 6. The molecule has 0 fully saturated rings. The second kappa shape index (κ2) is 8.93. The largest absolute Gasteiger partial charge is 0.462 e. The van der Waals surface area contributed by atoms with Crippen LogP contribution in [-0.4, -0.2) is 23.5 Å². The Morgan fingerprint density at radius 1 is 1.14 bits per heavy atom. The molecule has 28 heavy (non-hydrogen) atoms. The molecule has 1 amide bonds. The molecule has 0 saturated carbocycles. The van der Waals surface area contributed by atoms with Gasteiger partial charge < -0.3 is 10.1 Å². The molecule has 0 aliphatic rings. The van der Waals surface area contributed by atoms with E-state index >= 15 is 0 Å². The summed E-state index contributed by atoms with van der Waals surface area (Å²) in [6.07, 6.45) is -0.216. The number of nitriles is 1. The van der Waals surface area contributed by atoms with Gasteiger partial charge in [-0.3, -0.25) is 4.79 Å². The van der Waals surface area contributed by atoms with Crippen molar-refractivity contribution < 1.29 is 14.3 Å². The third kappa shape index (κ3) is 4.42. The number of carbonyl (C=O) groups excluding carboxylic acids is 2. The molecule has 1 heterocycles. The fraction of sp³-hybridized carbons (Fsp3) is 0.143. The van der Waals surface area contributed by atoms with E-state index in [0.717, 1.165) is 11.1 Å². The van der Waals surface area contributed by atoms with E-state index in [1.54, 1.807) is 25.1 Å². The molecule has 7 heteroatoms. The molecule has 1 aromatic heterocycles. The summed E-state index contributed by atoms with van der Waals surface area (Å²) in [5, 5.41) is 11.9. The van der Waals surface area contributed by atoms with E-state index in [1.807, 2.05) is 42.5 Å². The van der Waals surface area contributed by atoms with Crippen LogP contribution < -0.4 is 5.32 Å². The number of aromatic nitrogens is 1. The molecular formula is C21H17N3O3S. The molecule has 0 saturated heterocycles. The summed E-state index contributed by atoms with van der Waals surface area (Å²) in [7, 11) is 0. The Morgan fingerprint density at radius 2 is 1.89 bits per heavy atom. The number of hydrogen-bond acceptors (Lipinski definition) is 6. The Balaban J connectivity index is 2.00. The van der Waals surface area contributed by atoms with Gasteiger partial charge >= 0.3 is 5.97 Å². The topological polar surface area (TPSA) is 92.1 Å². The fourth-order valence-corrected chi connectivity index (χ4v) is 3.55. The highest BCUT2D eigenvalue weighted by Crippen LogP contribution is 2.35. The Labute approximate surface area is 166 Å². The molecule has 1 N–H and O–H groups in total. The quantitative estimate of drug-likeness (QED) is 0.624. The van der Waals surface area contributed by atoms with Crippen LogP contribution in [0.15, 0.2) is 54.6 Å². The van der Waals surface area contributed by atoms with E-state index in [2.05, 4.69) is 10.3 Å². The fourth-order valence-electron chi connectivity index (χ4n) is 2.58. The van der Waals surface area contributed by atoms with E-state index < -0.39 is 5.97 Å². The molecule has 140 valence electrons. The van der Waals surface area contributed by atoms with Crippen molar-refractivity contribution in [2.24, 2.45) is 0 Å². The van der Waals surface area contributed by atoms with Crippen LogP contribution in [0.5, 0.6) is 0 Å². The number of nitrogens with zero attached hydrogens (tertiary/aromatic N) is 2. The molecule has 6 nitrogen and oxygen atoms in total. The summed E-state index contributed by atoms with van der Waals surface area (Å²) in [4.78, 5) is 29.2. The van der Waals surface area contributed by atoms with Crippen molar-refractivity contribution in [2.75, 3.05) is 11.9 Å². The van der Waals surface area contributed by atoms with Gasteiger partial charge in [-0.25, -0.2) is 9.78 Å². The molecule has 0 aliphatic carbocycles. The zero-order chi connectivity index (χ0) is 19.9. The van der Waals surface area contributed by atoms with Crippen LogP contribution in [0.2, 0.25) is 0 Å². The van der Waals surface area contributed by atoms with Crippen LogP contribution in [0.1, 0.15) is 23.0 Å². The summed E-state index contributed by atoms with van der Waals surface area (Å²) >= 11 is 1.24. The highest BCUT2D eigenvalue weighted by atomic mass is 32.1. The molecule has 0 atom stereocenters. The van der Waals surface area contributed by atoms with Crippen LogP contribution in [0.25, 0.3) is 21.8 Å². The average Bonchev–Trinajstić information content (AvgIpc) is 3.15. The first-order valence-corrected chi connectivity index (χ1v) is 9.44. The monoisotopic (exact) mass is 391 g/mol. The molecule has 3 aromatic rings. The van der Waals surface area contributed by atoms with Crippen LogP contribution in [0, 0.1) is 11.3 Å². The maximum Gasteiger partial charge on any atom is 0.350 e. The van der Waals surface area contributed by atoms with Crippen molar-refractivity contribution in [2.45, 2.75) is 13.3 Å². The summed E-state index contributed by atoms with van der Waals surface area (Å²) < 4.78 is 5.19. The van der Waals surface area contributed by atoms with E-state index in [0.29, 0.717) is 21.3 Å². The molecule has 0 aliphatic heterocycles. The van der Waals surface area contributed by atoms with Crippen molar-refractivity contribution in [3.05, 3.63) is 59.5 Å². The number of nitrogens with one attached hydrogen (secondary N) is 1. The number of hydrogen-bond donors (Lipinski definition) is 1. The van der Waals surface area contributed by atoms with Gasteiger partial charge in [0.05, 0.1) is 18.4 Å². The second-order valence-corrected chi connectivity index (χ2v) is 6.75. The standard InChI is InChI=1S/C21H17N3O3S/c1-2-27-21(26)19-18(14-7-4-3-5-8-14)24-20(28-19)15-9-6-10-16(13-15)23-17(25)11-12-22/h3-10,13H,2,11H2,1H3,(H,23,25). The zero-order valence-electron chi connectivity index (χ0n) is 15.1. The Bertz CT molecular complexity index is 1040. The number of amides is 1. The van der Waals surface area contributed by atoms with E-state index in [9.17, 15) is 9.59 Å². The van der Waals surface area contributed by atoms with Gasteiger partial charge in [-0.05, 0) is 19.1 Å². The summed E-state index contributed by atoms with van der Waals surface area (Å²) in [5.74, 6) is -0.792. The lowest BCUT2D eigenvalue weighted by Gasteiger charge is -2.04. The summed E-state index contributed by atoms with van der Waals surface area (Å²) in [6.45, 7) is 2.04. The second-order valence-electron chi connectivity index (χ2n) is 5.75. The Kier molecular flexibility index (Phi) is 6.14. The minimum atomic E-state index is -0.413. The van der Waals surface area contributed by atoms with Gasteiger partial charge in [-0.15, -0.1) is 11.3 Å². The maximum absolute atomic E-state index is 12.4. The van der Waals surface area contributed by atoms with Crippen molar-refractivity contribution in [3.63, 3.8) is 0 Å². The maximum atomic E-state index is 12.4. The number of anilines is 1.